The molecule has 5 aliphatic rings. The molecule has 6 amide bonds. The van der Waals surface area contributed by atoms with Crippen molar-refractivity contribution in [1.82, 2.24) is 71.7 Å². The van der Waals surface area contributed by atoms with Gasteiger partial charge in [0.25, 0.3) is 0 Å². The molecule has 0 spiro atoms. The Morgan fingerprint density at radius 3 is 1.71 bits per heavy atom. The molecule has 0 unspecified atom stereocenters. The minimum Gasteiger partial charge on any atom is -0.369 e. The number of hydrogen-bond acceptors (Lipinski definition) is 13. The van der Waals surface area contributed by atoms with Gasteiger partial charge in [0.05, 0.1) is 55.8 Å². The van der Waals surface area contributed by atoms with Crippen LogP contribution in [0, 0.1) is 0 Å². The fourth-order valence-electron chi connectivity index (χ4n) is 12.2. The van der Waals surface area contributed by atoms with Crippen molar-refractivity contribution in [3.8, 4) is 0 Å². The molecule has 77 heavy (non-hydrogen) atoms. The summed E-state index contributed by atoms with van der Waals surface area (Å²) in [6.45, 7) is 4.29. The van der Waals surface area contributed by atoms with Gasteiger partial charge in [0.1, 0.15) is 35.6 Å². The van der Waals surface area contributed by atoms with E-state index in [2.05, 4.69) is 76.8 Å². The highest BCUT2D eigenvalue weighted by molar-refractivity contribution is 5.95. The van der Waals surface area contributed by atoms with E-state index in [-0.39, 0.29) is 78.9 Å². The fraction of sp³-hybridized carbons (Fsp3) is 0.607. The van der Waals surface area contributed by atoms with Crippen LogP contribution in [0.4, 0.5) is 0 Å². The number of carbonyl (C=O) groups excluding carboxylic acids is 6. The van der Waals surface area contributed by atoms with Gasteiger partial charge in [-0.2, -0.15) is 0 Å². The van der Waals surface area contributed by atoms with Crippen LogP contribution in [-0.2, 0) is 59.6 Å². The molecule has 11 atom stereocenters. The molecule has 4 aliphatic heterocycles. The molecule has 0 radical (unpaired) electrons. The molecule has 1 aliphatic carbocycles. The summed E-state index contributed by atoms with van der Waals surface area (Å²) in [7, 11) is 3.39. The number of amides is 6. The first-order valence-electron chi connectivity index (χ1n) is 28.1. The maximum atomic E-state index is 14.5. The lowest BCUT2D eigenvalue weighted by atomic mass is 9.87. The van der Waals surface area contributed by atoms with E-state index in [0.29, 0.717) is 82.1 Å². The number of benzene rings is 2. The molecule has 4 aromatic rings. The Bertz CT molecular complexity index is 2680. The van der Waals surface area contributed by atoms with Gasteiger partial charge in [0.2, 0.25) is 35.4 Å². The monoisotopic (exact) mass is 1060 g/mol. The number of fused-ring (bicyclic) bond motifs is 3. The van der Waals surface area contributed by atoms with E-state index in [1.807, 2.05) is 52.1 Å². The standard InChI is InChI=1S/C56H78N14O7/c1-35(57-3)51(71)61-47-24-20-41(29-43-22-26-49(69(43)55(47)75)53(73)59-28-11-10-15-37-13-6-5-7-14-37)67-31-39(63-65-67)33-77-34-40-32-68(66-64-40)42-21-25-48(62-52(72)36(2)58-4)56(76)70-44(30-42)23-27-50(70)54(74)60-46-19-12-17-38-16-8-9-18-45(38)46/h5-9,13-14,16,18,31-32,35-36,41-44,46-50,57-58H,10-12,15,17,19-30,33-34H2,1-4H3,(H,59,73)(H,60,74)(H,61,71)(H,62,72)/t35-,36-,41-,42-,43+,44+,46+,47-,48-,49-,50-/m0/s1. The maximum absolute atomic E-state index is 14.5. The van der Waals surface area contributed by atoms with Crippen LogP contribution in [0.1, 0.15) is 150 Å². The van der Waals surface area contributed by atoms with Crippen molar-refractivity contribution < 1.29 is 33.5 Å². The first-order valence-corrected chi connectivity index (χ1v) is 28.1. The normalized spacial score (nSPS) is 26.2. The summed E-state index contributed by atoms with van der Waals surface area (Å²) in [5, 5.41) is 36.3. The Balaban J connectivity index is 0.824. The molecule has 0 saturated carbocycles. The van der Waals surface area contributed by atoms with Crippen LogP contribution in [0.15, 0.2) is 67.0 Å². The number of aromatic nitrogens is 6. The zero-order valence-corrected chi connectivity index (χ0v) is 45.1. The molecule has 6 heterocycles. The molecule has 4 saturated heterocycles. The molecule has 2 aromatic heterocycles. The van der Waals surface area contributed by atoms with Crippen molar-refractivity contribution in [1.29, 1.82) is 0 Å². The van der Waals surface area contributed by atoms with Crippen molar-refractivity contribution in [2.45, 2.75) is 196 Å². The van der Waals surface area contributed by atoms with Gasteiger partial charge in [-0.3, -0.25) is 28.8 Å². The third-order valence-electron chi connectivity index (χ3n) is 16.8. The third-order valence-corrected chi connectivity index (χ3v) is 16.8. The van der Waals surface area contributed by atoms with Gasteiger partial charge >= 0.3 is 0 Å². The van der Waals surface area contributed by atoms with Gasteiger partial charge in [-0.1, -0.05) is 65.0 Å². The quantitative estimate of drug-likeness (QED) is 0.0697. The molecule has 9 rings (SSSR count). The van der Waals surface area contributed by atoms with E-state index in [1.165, 1.54) is 11.1 Å². The largest absolute Gasteiger partial charge is 0.369 e. The molecular weight excluding hydrogens is 981 g/mol. The average Bonchev–Trinajstić information content (AvgIpc) is 4.33. The summed E-state index contributed by atoms with van der Waals surface area (Å²) in [4.78, 5) is 86.7. The zero-order valence-electron chi connectivity index (χ0n) is 45.1. The lowest BCUT2D eigenvalue weighted by molar-refractivity contribution is -0.145. The van der Waals surface area contributed by atoms with Crippen LogP contribution in [-0.4, -0.2) is 144 Å². The van der Waals surface area contributed by atoms with E-state index in [4.69, 9.17) is 4.74 Å². The molecular formula is C56H78N14O7. The number of unbranched alkanes of at least 4 members (excludes halogenated alkanes) is 1. The van der Waals surface area contributed by atoms with Crippen molar-refractivity contribution >= 4 is 35.4 Å². The highest BCUT2D eigenvalue weighted by Gasteiger charge is 2.48. The molecule has 4 fully saturated rings. The smallest absolute Gasteiger partial charge is 0.246 e. The number of rotatable bonds is 20. The number of nitrogens with one attached hydrogen (secondary N) is 6. The number of nitrogens with zero attached hydrogens (tertiary/aromatic N) is 8. The summed E-state index contributed by atoms with van der Waals surface area (Å²) < 4.78 is 9.80. The Hall–Kier alpha value is -6.58. The number of carbonyl (C=O) groups is 6. The molecule has 21 nitrogen and oxygen atoms in total. The molecule has 21 heteroatoms. The van der Waals surface area contributed by atoms with E-state index >= 15 is 0 Å². The van der Waals surface area contributed by atoms with Gasteiger partial charge in [-0.25, -0.2) is 9.36 Å². The Morgan fingerprint density at radius 2 is 1.14 bits per heavy atom. The zero-order chi connectivity index (χ0) is 54.0. The van der Waals surface area contributed by atoms with Crippen LogP contribution in [0.5, 0.6) is 0 Å². The van der Waals surface area contributed by atoms with E-state index < -0.39 is 36.3 Å². The highest BCUT2D eigenvalue weighted by Crippen LogP contribution is 2.38. The first kappa shape index (κ1) is 55.2. The van der Waals surface area contributed by atoms with Gasteiger partial charge in [0.15, 0.2) is 0 Å². The van der Waals surface area contributed by atoms with Crippen molar-refractivity contribution in [3.63, 3.8) is 0 Å². The summed E-state index contributed by atoms with van der Waals surface area (Å²) >= 11 is 0. The predicted octanol–water partition coefficient (Wildman–Crippen LogP) is 3.27. The van der Waals surface area contributed by atoms with Crippen molar-refractivity contribution in [2.75, 3.05) is 20.6 Å². The number of hydrogen-bond donors (Lipinski definition) is 6. The molecule has 6 N–H and O–H groups in total. The SMILES string of the molecule is CN[C@@H](C)C(=O)N[C@H]1CC[C@H](n2cc(COCc3cn([C@H]4CC[C@H](NC(=O)[C@H](C)NC)C(=O)N5[C@H](CC[C@H]5C(=O)N[C@@H]5CCCc6ccccc65)C4)nn3)nn2)C[C@H]2CC[C@@H](C(=O)NCCCCc3ccccc3)N2C1=O. The summed E-state index contributed by atoms with van der Waals surface area (Å²) in [5.41, 5.74) is 4.84. The number of ether oxygens (including phenoxy) is 1. The Labute approximate surface area is 451 Å². The summed E-state index contributed by atoms with van der Waals surface area (Å²) in [6.07, 6.45) is 14.5. The van der Waals surface area contributed by atoms with Gasteiger partial charge < -0.3 is 46.4 Å². The van der Waals surface area contributed by atoms with E-state index in [9.17, 15) is 28.8 Å². The van der Waals surface area contributed by atoms with Gasteiger partial charge in [-0.15, -0.1) is 10.2 Å². The fourth-order valence-corrected chi connectivity index (χ4v) is 12.2. The van der Waals surface area contributed by atoms with E-state index in [1.54, 1.807) is 37.7 Å². The summed E-state index contributed by atoms with van der Waals surface area (Å²) in [6, 6.07) is 13.6. The average molecular weight is 1060 g/mol. The van der Waals surface area contributed by atoms with Crippen LogP contribution >= 0.6 is 0 Å². The number of likely N-dealkylation sites (N-methyl/N-ethyl adjacent to an activating group) is 2. The molecule has 414 valence electrons. The van der Waals surface area contributed by atoms with Crippen LogP contribution in [0.3, 0.4) is 0 Å². The number of aryl methyl sites for hydroxylation is 2. The van der Waals surface area contributed by atoms with Crippen LogP contribution in [0.2, 0.25) is 0 Å². The second-order valence-corrected chi connectivity index (χ2v) is 21.8. The second-order valence-electron chi connectivity index (χ2n) is 21.8. The van der Waals surface area contributed by atoms with Crippen molar-refractivity contribution in [3.05, 3.63) is 95.1 Å². The Kier molecular flexibility index (Phi) is 18.4. The topological polar surface area (TPSA) is 252 Å². The maximum Gasteiger partial charge on any atom is 0.246 e. The minimum atomic E-state index is -0.822. The van der Waals surface area contributed by atoms with Gasteiger partial charge in [-0.05, 0) is 147 Å². The second kappa shape index (κ2) is 25.7. The van der Waals surface area contributed by atoms with E-state index in [0.717, 1.165) is 44.1 Å². The van der Waals surface area contributed by atoms with Gasteiger partial charge in [0, 0.05) is 18.6 Å². The Morgan fingerprint density at radius 1 is 0.610 bits per heavy atom. The lowest BCUT2D eigenvalue weighted by Gasteiger charge is -2.38. The first-order chi connectivity index (χ1) is 37.4. The third kappa shape index (κ3) is 13.2. The molecule has 2 aromatic carbocycles. The predicted molar refractivity (Wildman–Crippen MR) is 285 cm³/mol. The van der Waals surface area contributed by atoms with Crippen LogP contribution in [0.25, 0.3) is 0 Å². The van der Waals surface area contributed by atoms with Crippen molar-refractivity contribution in [2.24, 2.45) is 0 Å². The minimum absolute atomic E-state index is 0.125. The molecule has 0 bridgehead atoms. The summed E-state index contributed by atoms with van der Waals surface area (Å²) in [5.74, 6) is -1.37. The lowest BCUT2D eigenvalue weighted by Crippen LogP contribution is -2.58. The highest BCUT2D eigenvalue weighted by atomic mass is 16.5. The van der Waals surface area contributed by atoms with Crippen LogP contribution < -0.4 is 31.9 Å².